The second-order valence-electron chi connectivity index (χ2n) is 3.93. The molecule has 0 radical (unpaired) electrons. The Morgan fingerprint density at radius 1 is 1.53 bits per heavy atom. The van der Waals surface area contributed by atoms with Gasteiger partial charge < -0.3 is 4.74 Å². The molecule has 1 N–H and O–H groups in total. The van der Waals surface area contributed by atoms with Crippen molar-refractivity contribution in [2.75, 3.05) is 18.7 Å². The van der Waals surface area contributed by atoms with E-state index in [9.17, 15) is 4.79 Å². The van der Waals surface area contributed by atoms with Crippen LogP contribution in [0.1, 0.15) is 31.1 Å². The molecule has 5 heteroatoms. The molecule has 5 nitrogen and oxygen atoms in total. The van der Waals surface area contributed by atoms with Gasteiger partial charge in [0.1, 0.15) is 5.56 Å². The van der Waals surface area contributed by atoms with Crippen LogP contribution < -0.4 is 5.48 Å². The van der Waals surface area contributed by atoms with Gasteiger partial charge in [-0.2, -0.15) is 0 Å². The smallest absolute Gasteiger partial charge is 0.341 e. The highest BCUT2D eigenvalue weighted by atomic mass is 16.6. The lowest BCUT2D eigenvalue weighted by molar-refractivity contribution is 0.0525. The predicted molar refractivity (Wildman–Crippen MR) is 64.6 cm³/mol. The van der Waals surface area contributed by atoms with E-state index in [-0.39, 0.29) is 0 Å². The van der Waals surface area contributed by atoms with Crippen molar-refractivity contribution < 1.29 is 14.4 Å². The molecule has 94 valence electrons. The molecule has 1 heterocycles. The molecule has 0 spiro atoms. The summed E-state index contributed by atoms with van der Waals surface area (Å²) in [5.74, 6) is 0.375. The van der Waals surface area contributed by atoms with Crippen LogP contribution in [0.3, 0.4) is 0 Å². The van der Waals surface area contributed by atoms with Crippen LogP contribution >= 0.6 is 0 Å². The number of rotatable bonds is 6. The zero-order valence-electron chi connectivity index (χ0n) is 10.4. The van der Waals surface area contributed by atoms with Gasteiger partial charge in [-0.15, -0.1) is 0 Å². The minimum atomic E-state index is -0.406. The van der Waals surface area contributed by atoms with E-state index in [1.165, 1.54) is 0 Å². The Bertz CT molecular complexity index is 367. The van der Waals surface area contributed by atoms with E-state index >= 15 is 0 Å². The van der Waals surface area contributed by atoms with Gasteiger partial charge in [0, 0.05) is 6.20 Å². The fraction of sp³-hybridized carbons (Fsp3) is 0.500. The van der Waals surface area contributed by atoms with E-state index in [0.717, 1.165) is 0 Å². The van der Waals surface area contributed by atoms with E-state index in [1.807, 2.05) is 13.8 Å². The van der Waals surface area contributed by atoms with E-state index < -0.39 is 5.97 Å². The lowest BCUT2D eigenvalue weighted by Crippen LogP contribution is -2.13. The van der Waals surface area contributed by atoms with Crippen LogP contribution in [0.2, 0.25) is 0 Å². The van der Waals surface area contributed by atoms with Crippen molar-refractivity contribution in [3.63, 3.8) is 0 Å². The van der Waals surface area contributed by atoms with Crippen molar-refractivity contribution in [1.82, 2.24) is 4.98 Å². The fourth-order valence-electron chi connectivity index (χ4n) is 1.14. The third kappa shape index (κ3) is 4.40. The third-order valence-corrected chi connectivity index (χ3v) is 1.89. The average molecular weight is 238 g/mol. The SMILES string of the molecule is CCOC(=O)c1cccnc1NOCC(C)C. The number of carbonyl (C=O) groups is 1. The van der Waals surface area contributed by atoms with Crippen LogP contribution in [0.25, 0.3) is 0 Å². The van der Waals surface area contributed by atoms with Crippen LogP contribution in [-0.2, 0) is 9.57 Å². The number of pyridine rings is 1. The highest BCUT2D eigenvalue weighted by Crippen LogP contribution is 2.13. The maximum Gasteiger partial charge on any atom is 0.341 e. The Morgan fingerprint density at radius 3 is 2.94 bits per heavy atom. The molecule has 0 atom stereocenters. The molecule has 0 fully saturated rings. The van der Waals surface area contributed by atoms with Gasteiger partial charge in [-0.3, -0.25) is 4.84 Å². The number of nitrogens with one attached hydrogen (secondary N) is 1. The van der Waals surface area contributed by atoms with Gasteiger partial charge in [-0.1, -0.05) is 13.8 Å². The third-order valence-electron chi connectivity index (χ3n) is 1.89. The summed E-state index contributed by atoms with van der Waals surface area (Å²) in [6.45, 7) is 6.70. The summed E-state index contributed by atoms with van der Waals surface area (Å²) in [6, 6.07) is 3.33. The molecular formula is C12H18N2O3. The predicted octanol–water partition coefficient (Wildman–Crippen LogP) is 2.26. The molecule has 0 saturated carbocycles. The van der Waals surface area contributed by atoms with Crippen molar-refractivity contribution in [1.29, 1.82) is 0 Å². The molecule has 0 bridgehead atoms. The second kappa shape index (κ2) is 6.85. The van der Waals surface area contributed by atoms with Gasteiger partial charge in [0.15, 0.2) is 5.82 Å². The Hall–Kier alpha value is -1.62. The van der Waals surface area contributed by atoms with Gasteiger partial charge >= 0.3 is 5.97 Å². The van der Waals surface area contributed by atoms with Gasteiger partial charge in [0.05, 0.1) is 13.2 Å². The van der Waals surface area contributed by atoms with Gasteiger partial charge in [-0.05, 0) is 25.0 Å². The maximum atomic E-state index is 11.6. The molecule has 0 aliphatic rings. The standard InChI is InChI=1S/C12H18N2O3/c1-4-16-12(15)10-6-5-7-13-11(10)14-17-8-9(2)3/h5-7,9H,4,8H2,1-3H3,(H,13,14). The normalized spacial score (nSPS) is 10.4. The molecule has 0 aromatic carbocycles. The van der Waals surface area contributed by atoms with Crippen LogP contribution in [0, 0.1) is 5.92 Å². The summed E-state index contributed by atoms with van der Waals surface area (Å²) in [4.78, 5) is 20.9. The van der Waals surface area contributed by atoms with Gasteiger partial charge in [0.2, 0.25) is 0 Å². The quantitative estimate of drug-likeness (QED) is 0.608. The summed E-state index contributed by atoms with van der Waals surface area (Å²) in [5, 5.41) is 0. The lowest BCUT2D eigenvalue weighted by atomic mass is 10.2. The Balaban J connectivity index is 2.67. The number of anilines is 1. The Kier molecular flexibility index (Phi) is 5.42. The summed E-state index contributed by atoms with van der Waals surface area (Å²) >= 11 is 0. The van der Waals surface area contributed by atoms with Gasteiger partial charge in [0.25, 0.3) is 0 Å². The summed E-state index contributed by atoms with van der Waals surface area (Å²) in [5.41, 5.74) is 3.05. The summed E-state index contributed by atoms with van der Waals surface area (Å²) in [6.07, 6.45) is 1.59. The molecule has 0 aliphatic carbocycles. The minimum Gasteiger partial charge on any atom is -0.462 e. The molecule has 17 heavy (non-hydrogen) atoms. The number of esters is 1. The largest absolute Gasteiger partial charge is 0.462 e. The first kappa shape index (κ1) is 13.4. The molecule has 0 aliphatic heterocycles. The average Bonchev–Trinajstić information content (AvgIpc) is 2.29. The first-order valence-electron chi connectivity index (χ1n) is 5.65. The molecule has 1 aromatic rings. The maximum absolute atomic E-state index is 11.6. The topological polar surface area (TPSA) is 60.5 Å². The summed E-state index contributed by atoms with van der Waals surface area (Å²) < 4.78 is 4.92. The van der Waals surface area contributed by atoms with Crippen molar-refractivity contribution in [2.24, 2.45) is 5.92 Å². The highest BCUT2D eigenvalue weighted by molar-refractivity contribution is 5.94. The number of carbonyl (C=O) groups excluding carboxylic acids is 1. The van der Waals surface area contributed by atoms with E-state index in [1.54, 1.807) is 25.3 Å². The van der Waals surface area contributed by atoms with E-state index in [0.29, 0.717) is 30.5 Å². The lowest BCUT2D eigenvalue weighted by Gasteiger charge is -2.11. The van der Waals surface area contributed by atoms with E-state index in [2.05, 4.69) is 10.5 Å². The van der Waals surface area contributed by atoms with Crippen LogP contribution in [0.15, 0.2) is 18.3 Å². The Labute approximate surface area is 101 Å². The fourth-order valence-corrected chi connectivity index (χ4v) is 1.14. The molecule has 0 unspecified atom stereocenters. The highest BCUT2D eigenvalue weighted by Gasteiger charge is 2.13. The Morgan fingerprint density at radius 2 is 2.29 bits per heavy atom. The number of ether oxygens (including phenoxy) is 1. The minimum absolute atomic E-state index is 0.333. The number of hydrogen-bond acceptors (Lipinski definition) is 5. The molecule has 0 saturated heterocycles. The van der Waals surface area contributed by atoms with Crippen LogP contribution in [0.4, 0.5) is 5.82 Å². The van der Waals surface area contributed by atoms with Crippen LogP contribution in [-0.4, -0.2) is 24.2 Å². The monoisotopic (exact) mass is 238 g/mol. The number of nitrogens with zero attached hydrogens (tertiary/aromatic N) is 1. The first-order valence-corrected chi connectivity index (χ1v) is 5.65. The van der Waals surface area contributed by atoms with Crippen molar-refractivity contribution >= 4 is 11.8 Å². The van der Waals surface area contributed by atoms with E-state index in [4.69, 9.17) is 9.57 Å². The molecule has 1 rings (SSSR count). The molecule has 1 aromatic heterocycles. The summed E-state index contributed by atoms with van der Waals surface area (Å²) in [7, 11) is 0. The van der Waals surface area contributed by atoms with Crippen molar-refractivity contribution in [3.8, 4) is 0 Å². The second-order valence-corrected chi connectivity index (χ2v) is 3.93. The molecule has 0 amide bonds. The zero-order chi connectivity index (χ0) is 12.7. The zero-order valence-corrected chi connectivity index (χ0v) is 10.4. The first-order chi connectivity index (χ1) is 8.15. The van der Waals surface area contributed by atoms with Gasteiger partial charge in [-0.25, -0.2) is 15.3 Å². The number of hydrogen-bond donors (Lipinski definition) is 1. The van der Waals surface area contributed by atoms with Crippen molar-refractivity contribution in [2.45, 2.75) is 20.8 Å². The van der Waals surface area contributed by atoms with Crippen LogP contribution in [0.5, 0.6) is 0 Å². The number of aromatic nitrogens is 1. The molecular weight excluding hydrogens is 220 g/mol. The van der Waals surface area contributed by atoms with Crippen molar-refractivity contribution in [3.05, 3.63) is 23.9 Å².